The number of halogens is 10. The van der Waals surface area contributed by atoms with Gasteiger partial charge in [-0.25, -0.2) is 0 Å². The van der Waals surface area contributed by atoms with Gasteiger partial charge in [0.1, 0.15) is 24.6 Å². The number of aromatic nitrogens is 8. The Kier molecular flexibility index (Phi) is 17.6. The maximum atomic E-state index is 13.4. The lowest BCUT2D eigenvalue weighted by Gasteiger charge is -2.36. The minimum absolute atomic E-state index is 0.0473. The summed E-state index contributed by atoms with van der Waals surface area (Å²) in [6.45, 7) is 4.79. The van der Waals surface area contributed by atoms with Gasteiger partial charge in [-0.1, -0.05) is 46.4 Å². The summed E-state index contributed by atoms with van der Waals surface area (Å²) in [4.78, 5) is 29.6. The van der Waals surface area contributed by atoms with E-state index in [2.05, 4.69) is 35.5 Å². The first kappa shape index (κ1) is 52.5. The molecule has 0 aliphatic carbocycles. The second-order valence-electron chi connectivity index (χ2n) is 15.1. The van der Waals surface area contributed by atoms with Gasteiger partial charge < -0.3 is 34.6 Å². The second kappa shape index (κ2) is 23.2. The van der Waals surface area contributed by atoms with E-state index in [4.69, 9.17) is 61.0 Å². The van der Waals surface area contributed by atoms with Crippen molar-refractivity contribution in [1.29, 1.82) is 0 Å². The maximum Gasteiger partial charge on any atom is 0.436 e. The maximum absolute atomic E-state index is 13.4. The third-order valence-electron chi connectivity index (χ3n) is 10.6. The number of piperazine rings is 2. The second-order valence-corrected chi connectivity index (χ2v) is 16.6. The smallest absolute Gasteiger partial charge is 0.436 e. The number of methoxy groups -OCH3 is 2. The van der Waals surface area contributed by atoms with E-state index in [1.165, 1.54) is 40.8 Å². The standard InChI is InChI=1S/C21H21Cl2F3N6O2.C11H15ClN2O.C10H8ClF3N4O2/c1-34-17-11-14(3-4-15(17)22)29-7-9-30(10-8-29)18(33)13-32-16(12-31-6-2-5-27-31)19(23)20(28-32)21(24,25)26;1-15-11-8-9(2-3-10(11)12)14-6-4-13-5-7-14;11-8-6(4-17-3-1-2-15-17)18(5-7(19)20)16-9(8)10(12,13)14/h2-6,11H,7-10,12-13H2,1H3;2-3,8,13H,4-7H2,1H3;1-3H,4-5H2,(H,19,20). The molecule has 0 spiro atoms. The Morgan fingerprint density at radius 1 is 0.667 bits per heavy atom. The van der Waals surface area contributed by atoms with Crippen LogP contribution in [-0.2, 0) is 48.1 Å². The Morgan fingerprint density at radius 3 is 1.49 bits per heavy atom. The average Bonchev–Trinajstić information content (AvgIpc) is 4.15. The first-order valence-corrected chi connectivity index (χ1v) is 22.2. The first-order valence-electron chi connectivity index (χ1n) is 20.7. The number of hydrogen-bond donors (Lipinski definition) is 2. The average molecular weight is 1050 g/mol. The van der Waals surface area contributed by atoms with E-state index in [1.54, 1.807) is 36.4 Å². The number of carbonyl (C=O) groups is 2. The lowest BCUT2D eigenvalue weighted by Crippen LogP contribution is -2.49. The summed E-state index contributed by atoms with van der Waals surface area (Å²) >= 11 is 23.8. The van der Waals surface area contributed by atoms with E-state index in [9.17, 15) is 35.9 Å². The van der Waals surface area contributed by atoms with E-state index >= 15 is 0 Å². The van der Waals surface area contributed by atoms with E-state index in [1.807, 2.05) is 30.3 Å². The topological polar surface area (TPSA) is 166 Å². The van der Waals surface area contributed by atoms with Crippen LogP contribution in [-0.4, -0.2) is 128 Å². The number of aliphatic carboxylic acids is 1. The zero-order valence-electron chi connectivity index (χ0n) is 36.7. The van der Waals surface area contributed by atoms with Gasteiger partial charge in [0.15, 0.2) is 11.4 Å². The predicted octanol–water partition coefficient (Wildman–Crippen LogP) is 7.45. The first-order chi connectivity index (χ1) is 32.8. The number of nitrogens with one attached hydrogen (secondary N) is 1. The van der Waals surface area contributed by atoms with Crippen LogP contribution < -0.4 is 24.6 Å². The quantitative estimate of drug-likeness (QED) is 0.117. The Morgan fingerprint density at radius 2 is 1.10 bits per heavy atom. The molecule has 0 atom stereocenters. The third-order valence-corrected chi connectivity index (χ3v) is 12.0. The van der Waals surface area contributed by atoms with Crippen molar-refractivity contribution in [3.8, 4) is 11.5 Å². The van der Waals surface area contributed by atoms with Crippen molar-refractivity contribution in [3.63, 3.8) is 0 Å². The number of anilines is 2. The van der Waals surface area contributed by atoms with Crippen LogP contribution in [0.3, 0.4) is 0 Å². The fourth-order valence-corrected chi connectivity index (χ4v) is 8.15. The van der Waals surface area contributed by atoms with Crippen LogP contribution in [0.1, 0.15) is 22.8 Å². The summed E-state index contributed by atoms with van der Waals surface area (Å²) in [7, 11) is 3.18. The molecule has 27 heteroatoms. The van der Waals surface area contributed by atoms with Gasteiger partial charge in [0.2, 0.25) is 5.91 Å². The molecule has 8 rings (SSSR count). The highest BCUT2D eigenvalue weighted by molar-refractivity contribution is 6.33. The number of carboxylic acid groups (broad SMARTS) is 1. The molecule has 1 amide bonds. The van der Waals surface area contributed by atoms with Crippen molar-refractivity contribution in [2.75, 3.05) is 76.4 Å². The minimum atomic E-state index is -4.75. The highest BCUT2D eigenvalue weighted by atomic mass is 35.5. The molecule has 6 heterocycles. The summed E-state index contributed by atoms with van der Waals surface area (Å²) < 4.78 is 93.3. The zero-order chi connectivity index (χ0) is 50.0. The number of carboxylic acids is 1. The molecular formula is C42H44Cl4F6N12O5. The fourth-order valence-electron chi connectivity index (χ4n) is 7.15. The number of amides is 1. The molecule has 6 aromatic rings. The number of nitrogens with zero attached hydrogens (tertiary/aromatic N) is 11. The monoisotopic (exact) mass is 1050 g/mol. The Bertz CT molecular complexity index is 2650. The van der Waals surface area contributed by atoms with Crippen LogP contribution in [0.25, 0.3) is 0 Å². The molecule has 4 aromatic heterocycles. The summed E-state index contributed by atoms with van der Waals surface area (Å²) in [5, 5.41) is 26.8. The molecule has 69 heavy (non-hydrogen) atoms. The van der Waals surface area contributed by atoms with E-state index < -0.39 is 46.3 Å². The molecule has 0 saturated carbocycles. The Labute approximate surface area is 410 Å². The molecular weight excluding hydrogens is 1010 g/mol. The van der Waals surface area contributed by atoms with Crippen molar-refractivity contribution >= 4 is 69.7 Å². The number of alkyl halides is 6. The van der Waals surface area contributed by atoms with Gasteiger partial charge in [-0.2, -0.15) is 46.7 Å². The van der Waals surface area contributed by atoms with Gasteiger partial charge in [0.05, 0.1) is 58.8 Å². The van der Waals surface area contributed by atoms with E-state index in [0.717, 1.165) is 47.0 Å². The molecule has 2 N–H and O–H groups in total. The number of ether oxygens (including phenoxy) is 2. The molecule has 17 nitrogen and oxygen atoms in total. The highest BCUT2D eigenvalue weighted by Gasteiger charge is 2.40. The van der Waals surface area contributed by atoms with Crippen molar-refractivity contribution < 1.29 is 50.5 Å². The molecule has 0 radical (unpaired) electrons. The predicted molar refractivity (Wildman–Crippen MR) is 245 cm³/mol. The molecule has 0 unspecified atom stereocenters. The minimum Gasteiger partial charge on any atom is -0.495 e. The lowest BCUT2D eigenvalue weighted by atomic mass is 10.2. The lowest BCUT2D eigenvalue weighted by molar-refractivity contribution is -0.143. The van der Waals surface area contributed by atoms with Crippen molar-refractivity contribution in [2.45, 2.75) is 38.5 Å². The number of benzene rings is 2. The molecule has 2 aromatic carbocycles. The summed E-state index contributed by atoms with van der Waals surface area (Å²) in [5.74, 6) is -0.367. The van der Waals surface area contributed by atoms with E-state index in [-0.39, 0.29) is 36.9 Å². The molecule has 0 bridgehead atoms. The molecule has 2 fully saturated rings. The molecule has 372 valence electrons. The van der Waals surface area contributed by atoms with Crippen LogP contribution in [0.5, 0.6) is 11.5 Å². The molecule has 2 aliphatic rings. The molecule has 2 saturated heterocycles. The number of rotatable bonds is 12. The SMILES string of the molecule is COc1cc(N2CCN(C(=O)Cn3nc(C(F)(F)F)c(Cl)c3Cn3cccn3)CC2)ccc1Cl.COc1cc(N2CCNCC2)ccc1Cl.O=C(O)Cn1nc(C(F)(F)F)c(Cl)c1Cn1cccn1. The summed E-state index contributed by atoms with van der Waals surface area (Å²) in [5.41, 5.74) is -0.433. The van der Waals surface area contributed by atoms with Crippen molar-refractivity contribution in [2.24, 2.45) is 0 Å². The number of carbonyl (C=O) groups excluding carboxylic acids is 1. The summed E-state index contributed by atoms with van der Waals surface area (Å²) in [6.07, 6.45) is -3.44. The van der Waals surface area contributed by atoms with Gasteiger partial charge in [0.25, 0.3) is 0 Å². The van der Waals surface area contributed by atoms with E-state index in [0.29, 0.717) is 42.0 Å². The van der Waals surface area contributed by atoms with Crippen LogP contribution in [0, 0.1) is 0 Å². The Hall–Kier alpha value is -5.88. The van der Waals surface area contributed by atoms with Crippen LogP contribution >= 0.6 is 46.4 Å². The van der Waals surface area contributed by atoms with Crippen molar-refractivity contribution in [3.05, 3.63) is 116 Å². The number of hydrogen-bond acceptors (Lipinski definition) is 11. The van der Waals surface area contributed by atoms with Crippen LogP contribution in [0.4, 0.5) is 37.7 Å². The van der Waals surface area contributed by atoms with Gasteiger partial charge in [-0.05, 0) is 36.4 Å². The Balaban J connectivity index is 0.000000188. The van der Waals surface area contributed by atoms with Crippen LogP contribution in [0.15, 0.2) is 73.3 Å². The highest BCUT2D eigenvalue weighted by Crippen LogP contribution is 2.38. The van der Waals surface area contributed by atoms with Crippen LogP contribution in [0.2, 0.25) is 20.1 Å². The largest absolute Gasteiger partial charge is 0.495 e. The van der Waals surface area contributed by atoms with Crippen molar-refractivity contribution in [1.82, 2.24) is 49.3 Å². The molecule has 2 aliphatic heterocycles. The fraction of sp³-hybridized carbons (Fsp3) is 0.381. The third kappa shape index (κ3) is 13.7. The normalized spacial score (nSPS) is 14.2. The van der Waals surface area contributed by atoms with Gasteiger partial charge in [-0.15, -0.1) is 0 Å². The van der Waals surface area contributed by atoms with Gasteiger partial charge in [0, 0.05) is 101 Å². The van der Waals surface area contributed by atoms with Gasteiger partial charge in [-0.3, -0.25) is 28.3 Å². The van der Waals surface area contributed by atoms with Gasteiger partial charge >= 0.3 is 18.3 Å². The summed E-state index contributed by atoms with van der Waals surface area (Å²) in [6, 6.07) is 14.6. The zero-order valence-corrected chi connectivity index (χ0v) is 39.7.